The van der Waals surface area contributed by atoms with Gasteiger partial charge in [-0.05, 0) is 40.7 Å². The Morgan fingerprint density at radius 2 is 1.45 bits per heavy atom. The van der Waals surface area contributed by atoms with Gasteiger partial charge in [0.15, 0.2) is 5.78 Å². The minimum Gasteiger partial charge on any atom is -0.296 e. The number of likely N-dealkylation sites (N-methyl/N-ethyl adjacent to an activating group) is 1. The topological polar surface area (TPSA) is 20.3 Å². The van der Waals surface area contributed by atoms with Crippen LogP contribution in [0.4, 0.5) is 0 Å². The SMILES string of the molecule is CCN(CC)CC(=O)c1cc2ccccc2c2ccccc12. The Balaban J connectivity index is 2.17. The summed E-state index contributed by atoms with van der Waals surface area (Å²) >= 11 is 0. The molecular formula is C20H21NO. The van der Waals surface area contributed by atoms with Gasteiger partial charge >= 0.3 is 0 Å². The van der Waals surface area contributed by atoms with Crippen LogP contribution in [0, 0.1) is 0 Å². The molecule has 0 amide bonds. The summed E-state index contributed by atoms with van der Waals surface area (Å²) in [6, 6.07) is 18.5. The molecule has 0 aliphatic carbocycles. The van der Waals surface area contributed by atoms with Crippen LogP contribution in [0.5, 0.6) is 0 Å². The third kappa shape index (κ3) is 2.62. The first kappa shape index (κ1) is 14.7. The molecule has 3 aromatic carbocycles. The fraction of sp³-hybridized carbons (Fsp3) is 0.250. The van der Waals surface area contributed by atoms with E-state index < -0.39 is 0 Å². The average molecular weight is 291 g/mol. The van der Waals surface area contributed by atoms with Crippen molar-refractivity contribution in [1.82, 2.24) is 4.90 Å². The number of hydrogen-bond donors (Lipinski definition) is 0. The van der Waals surface area contributed by atoms with Crippen LogP contribution in [0.25, 0.3) is 21.5 Å². The summed E-state index contributed by atoms with van der Waals surface area (Å²) in [4.78, 5) is 14.9. The third-order valence-corrected chi connectivity index (χ3v) is 4.33. The fourth-order valence-electron chi connectivity index (χ4n) is 3.02. The van der Waals surface area contributed by atoms with Gasteiger partial charge in [-0.2, -0.15) is 0 Å². The summed E-state index contributed by atoms with van der Waals surface area (Å²) in [5.41, 5.74) is 0.834. The molecule has 0 heterocycles. The van der Waals surface area contributed by atoms with Crippen LogP contribution in [0.15, 0.2) is 54.6 Å². The first-order valence-electron chi connectivity index (χ1n) is 7.90. The zero-order valence-electron chi connectivity index (χ0n) is 13.2. The van der Waals surface area contributed by atoms with Crippen LogP contribution in [0.2, 0.25) is 0 Å². The van der Waals surface area contributed by atoms with Gasteiger partial charge in [-0.3, -0.25) is 9.69 Å². The zero-order chi connectivity index (χ0) is 15.5. The van der Waals surface area contributed by atoms with Crippen molar-refractivity contribution in [3.8, 4) is 0 Å². The number of rotatable bonds is 5. The molecule has 0 aromatic heterocycles. The van der Waals surface area contributed by atoms with Crippen molar-refractivity contribution in [1.29, 1.82) is 0 Å². The molecule has 0 saturated carbocycles. The van der Waals surface area contributed by atoms with Gasteiger partial charge < -0.3 is 0 Å². The van der Waals surface area contributed by atoms with E-state index in [0.29, 0.717) is 6.54 Å². The molecule has 0 aliphatic rings. The van der Waals surface area contributed by atoms with E-state index in [1.807, 2.05) is 30.3 Å². The Morgan fingerprint density at radius 1 is 0.864 bits per heavy atom. The number of carbonyl (C=O) groups excluding carboxylic acids is 1. The lowest BCUT2D eigenvalue weighted by molar-refractivity contribution is 0.0939. The monoisotopic (exact) mass is 291 g/mol. The first-order valence-corrected chi connectivity index (χ1v) is 7.90. The molecule has 0 radical (unpaired) electrons. The van der Waals surface area contributed by atoms with Gasteiger partial charge in [0.2, 0.25) is 0 Å². The second kappa shape index (κ2) is 6.29. The maximum Gasteiger partial charge on any atom is 0.177 e. The number of fused-ring (bicyclic) bond motifs is 3. The number of Topliss-reactive ketones (excluding diaryl/α,β-unsaturated/α-hetero) is 1. The van der Waals surface area contributed by atoms with Gasteiger partial charge in [-0.1, -0.05) is 62.4 Å². The van der Waals surface area contributed by atoms with E-state index in [-0.39, 0.29) is 5.78 Å². The van der Waals surface area contributed by atoms with E-state index in [1.165, 1.54) is 5.39 Å². The largest absolute Gasteiger partial charge is 0.296 e. The van der Waals surface area contributed by atoms with Crippen molar-refractivity contribution in [2.75, 3.05) is 19.6 Å². The van der Waals surface area contributed by atoms with Crippen molar-refractivity contribution in [3.63, 3.8) is 0 Å². The summed E-state index contributed by atoms with van der Waals surface area (Å²) in [6.07, 6.45) is 0. The highest BCUT2D eigenvalue weighted by molar-refractivity contribution is 6.18. The van der Waals surface area contributed by atoms with Crippen molar-refractivity contribution in [2.24, 2.45) is 0 Å². The van der Waals surface area contributed by atoms with Crippen LogP contribution in [-0.4, -0.2) is 30.3 Å². The smallest absolute Gasteiger partial charge is 0.177 e. The number of hydrogen-bond acceptors (Lipinski definition) is 2. The third-order valence-electron chi connectivity index (χ3n) is 4.33. The maximum atomic E-state index is 12.8. The van der Waals surface area contributed by atoms with Crippen LogP contribution >= 0.6 is 0 Å². The lowest BCUT2D eigenvalue weighted by atomic mass is 9.95. The Kier molecular flexibility index (Phi) is 4.21. The van der Waals surface area contributed by atoms with E-state index in [2.05, 4.69) is 43.0 Å². The number of carbonyl (C=O) groups is 1. The number of benzene rings is 3. The molecular weight excluding hydrogens is 270 g/mol. The van der Waals surface area contributed by atoms with Gasteiger partial charge in [-0.15, -0.1) is 0 Å². The summed E-state index contributed by atoms with van der Waals surface area (Å²) in [5.74, 6) is 0.200. The summed E-state index contributed by atoms with van der Waals surface area (Å²) < 4.78 is 0. The lowest BCUT2D eigenvalue weighted by Gasteiger charge is -2.18. The standard InChI is InChI=1S/C20H21NO/c1-3-21(4-2)14-20(22)19-13-15-9-5-6-10-16(15)17-11-7-8-12-18(17)19/h5-13H,3-4,14H2,1-2H3. The van der Waals surface area contributed by atoms with Crippen molar-refractivity contribution >= 4 is 27.3 Å². The van der Waals surface area contributed by atoms with E-state index in [4.69, 9.17) is 0 Å². The fourth-order valence-corrected chi connectivity index (χ4v) is 3.02. The van der Waals surface area contributed by atoms with Crippen molar-refractivity contribution in [2.45, 2.75) is 13.8 Å². The van der Waals surface area contributed by atoms with Crippen LogP contribution < -0.4 is 0 Å². The highest BCUT2D eigenvalue weighted by Crippen LogP contribution is 2.29. The predicted molar refractivity (Wildman–Crippen MR) is 93.6 cm³/mol. The Hall–Kier alpha value is -2.19. The molecule has 0 unspecified atom stereocenters. The molecule has 3 rings (SSSR count). The second-order valence-corrected chi connectivity index (χ2v) is 5.58. The quantitative estimate of drug-likeness (QED) is 0.509. The highest BCUT2D eigenvalue weighted by atomic mass is 16.1. The summed E-state index contributed by atoms with van der Waals surface area (Å²) in [7, 11) is 0. The van der Waals surface area contributed by atoms with E-state index >= 15 is 0 Å². The molecule has 0 aliphatic heterocycles. The van der Waals surface area contributed by atoms with Crippen molar-refractivity contribution < 1.29 is 4.79 Å². The van der Waals surface area contributed by atoms with Gasteiger partial charge in [0, 0.05) is 5.56 Å². The molecule has 0 spiro atoms. The highest BCUT2D eigenvalue weighted by Gasteiger charge is 2.14. The first-order chi connectivity index (χ1) is 10.7. The molecule has 2 nitrogen and oxygen atoms in total. The van der Waals surface area contributed by atoms with Crippen LogP contribution in [0.1, 0.15) is 24.2 Å². The minimum absolute atomic E-state index is 0.200. The summed E-state index contributed by atoms with van der Waals surface area (Å²) in [5, 5.41) is 4.54. The Morgan fingerprint density at radius 3 is 2.14 bits per heavy atom. The molecule has 22 heavy (non-hydrogen) atoms. The number of nitrogens with zero attached hydrogens (tertiary/aromatic N) is 1. The molecule has 0 N–H and O–H groups in total. The Bertz CT molecular complexity index is 818. The van der Waals surface area contributed by atoms with Gasteiger partial charge in [-0.25, -0.2) is 0 Å². The van der Waals surface area contributed by atoms with E-state index in [9.17, 15) is 4.79 Å². The predicted octanol–water partition coefficient (Wildman–Crippen LogP) is 4.52. The molecule has 3 aromatic rings. The molecule has 0 bridgehead atoms. The number of ketones is 1. The molecule has 0 atom stereocenters. The van der Waals surface area contributed by atoms with Gasteiger partial charge in [0.1, 0.15) is 0 Å². The zero-order valence-corrected chi connectivity index (χ0v) is 13.2. The van der Waals surface area contributed by atoms with E-state index in [1.54, 1.807) is 0 Å². The van der Waals surface area contributed by atoms with Crippen LogP contribution in [-0.2, 0) is 0 Å². The summed E-state index contributed by atoms with van der Waals surface area (Å²) in [6.45, 7) is 6.46. The molecule has 0 saturated heterocycles. The molecule has 2 heteroatoms. The van der Waals surface area contributed by atoms with E-state index in [0.717, 1.165) is 34.8 Å². The van der Waals surface area contributed by atoms with Crippen molar-refractivity contribution in [3.05, 3.63) is 60.2 Å². The molecule has 112 valence electrons. The average Bonchev–Trinajstić information content (AvgIpc) is 2.58. The Labute approximate surface area is 131 Å². The van der Waals surface area contributed by atoms with Gasteiger partial charge in [0.25, 0.3) is 0 Å². The minimum atomic E-state index is 0.200. The second-order valence-electron chi connectivity index (χ2n) is 5.58. The lowest BCUT2D eigenvalue weighted by Crippen LogP contribution is -2.29. The molecule has 0 fully saturated rings. The maximum absolute atomic E-state index is 12.8. The van der Waals surface area contributed by atoms with Gasteiger partial charge in [0.05, 0.1) is 6.54 Å². The van der Waals surface area contributed by atoms with Crippen LogP contribution in [0.3, 0.4) is 0 Å². The normalized spacial score (nSPS) is 11.4.